The van der Waals surface area contributed by atoms with Crippen LogP contribution in [0.3, 0.4) is 0 Å². The molecule has 1 aliphatic rings. The molecule has 1 aromatic heterocycles. The molecule has 0 bridgehead atoms. The summed E-state index contributed by atoms with van der Waals surface area (Å²) in [6, 6.07) is 0.113. The lowest BCUT2D eigenvalue weighted by atomic mass is 10.3. The van der Waals surface area contributed by atoms with E-state index in [0.29, 0.717) is 12.4 Å². The maximum atomic E-state index is 11.7. The van der Waals surface area contributed by atoms with Crippen LogP contribution in [-0.4, -0.2) is 41.7 Å². The van der Waals surface area contributed by atoms with Crippen LogP contribution in [0.1, 0.15) is 23.8 Å². The molecule has 0 spiro atoms. The van der Waals surface area contributed by atoms with Gasteiger partial charge < -0.3 is 15.4 Å². The predicted octanol–water partition coefficient (Wildman–Crippen LogP) is 0.844. The van der Waals surface area contributed by atoms with Gasteiger partial charge in [0, 0.05) is 19.1 Å². The summed E-state index contributed by atoms with van der Waals surface area (Å²) in [5.41, 5.74) is 5.94. The van der Waals surface area contributed by atoms with Crippen molar-refractivity contribution in [1.29, 1.82) is 0 Å². The molecule has 1 aromatic rings. The van der Waals surface area contributed by atoms with Crippen molar-refractivity contribution in [2.24, 2.45) is 5.73 Å². The summed E-state index contributed by atoms with van der Waals surface area (Å²) >= 11 is 6.16. The van der Waals surface area contributed by atoms with E-state index in [1.807, 2.05) is 4.90 Å². The molecule has 1 aliphatic heterocycles. The molecule has 0 unspecified atom stereocenters. The van der Waals surface area contributed by atoms with E-state index in [4.69, 9.17) is 22.1 Å². The molecule has 2 heterocycles. The molecule has 1 atom stereocenters. The van der Waals surface area contributed by atoms with Crippen LogP contribution < -0.4 is 10.6 Å². The first kappa shape index (κ1) is 13.0. The van der Waals surface area contributed by atoms with Gasteiger partial charge >= 0.3 is 5.97 Å². The monoisotopic (exact) mass is 270 g/mol. The van der Waals surface area contributed by atoms with Gasteiger partial charge in [0.05, 0.1) is 6.61 Å². The molecule has 2 N–H and O–H groups in total. The van der Waals surface area contributed by atoms with Gasteiger partial charge in [0.25, 0.3) is 0 Å². The summed E-state index contributed by atoms with van der Waals surface area (Å²) in [4.78, 5) is 21.6. The minimum atomic E-state index is -0.533. The SMILES string of the molecule is CCOC(=O)c1ncnc(N2CC[C@H](N)C2)c1Cl. The van der Waals surface area contributed by atoms with Crippen LogP contribution in [0.2, 0.25) is 5.02 Å². The largest absolute Gasteiger partial charge is 0.461 e. The molecule has 0 aromatic carbocycles. The molecule has 1 fully saturated rings. The number of carbonyl (C=O) groups is 1. The number of nitrogens with zero attached hydrogens (tertiary/aromatic N) is 3. The quantitative estimate of drug-likeness (QED) is 0.820. The van der Waals surface area contributed by atoms with Gasteiger partial charge in [-0.25, -0.2) is 14.8 Å². The third-order valence-corrected chi connectivity index (χ3v) is 3.11. The zero-order valence-corrected chi connectivity index (χ0v) is 10.9. The van der Waals surface area contributed by atoms with E-state index < -0.39 is 5.97 Å². The summed E-state index contributed by atoms with van der Waals surface area (Å²) in [6.07, 6.45) is 2.20. The van der Waals surface area contributed by atoms with Crippen LogP contribution in [0.5, 0.6) is 0 Å². The van der Waals surface area contributed by atoms with Gasteiger partial charge in [-0.15, -0.1) is 0 Å². The van der Waals surface area contributed by atoms with Crippen molar-refractivity contribution in [2.45, 2.75) is 19.4 Å². The number of nitrogens with two attached hydrogens (primary N) is 1. The molecule has 2 rings (SSSR count). The lowest BCUT2D eigenvalue weighted by Gasteiger charge is -2.18. The summed E-state index contributed by atoms with van der Waals surface area (Å²) in [6.45, 7) is 3.47. The molecule has 1 saturated heterocycles. The normalized spacial score (nSPS) is 19.1. The fraction of sp³-hybridized carbons (Fsp3) is 0.545. The fourth-order valence-corrected chi connectivity index (χ4v) is 2.20. The minimum absolute atomic E-state index is 0.101. The van der Waals surface area contributed by atoms with E-state index >= 15 is 0 Å². The van der Waals surface area contributed by atoms with E-state index in [1.54, 1.807) is 6.92 Å². The van der Waals surface area contributed by atoms with Crippen LogP contribution in [-0.2, 0) is 4.74 Å². The molecule has 0 aliphatic carbocycles. The Bertz CT molecular complexity index is 455. The Kier molecular flexibility index (Phi) is 3.98. The Morgan fingerprint density at radius 2 is 2.44 bits per heavy atom. The zero-order valence-electron chi connectivity index (χ0n) is 10.1. The van der Waals surface area contributed by atoms with Gasteiger partial charge in [0.15, 0.2) is 11.5 Å². The van der Waals surface area contributed by atoms with E-state index in [9.17, 15) is 4.79 Å². The summed E-state index contributed by atoms with van der Waals surface area (Å²) in [5, 5.41) is 0.227. The highest BCUT2D eigenvalue weighted by molar-refractivity contribution is 6.35. The van der Waals surface area contributed by atoms with Crippen molar-refractivity contribution in [3.05, 3.63) is 17.0 Å². The van der Waals surface area contributed by atoms with Gasteiger partial charge in [0.1, 0.15) is 11.3 Å². The first-order valence-electron chi connectivity index (χ1n) is 5.81. The highest BCUT2D eigenvalue weighted by Gasteiger charge is 2.25. The summed E-state index contributed by atoms with van der Waals surface area (Å²) in [5.74, 6) is 0.0114. The number of hydrogen-bond donors (Lipinski definition) is 1. The van der Waals surface area contributed by atoms with Gasteiger partial charge in [-0.1, -0.05) is 11.6 Å². The third kappa shape index (κ3) is 2.54. The van der Waals surface area contributed by atoms with Gasteiger partial charge in [-0.05, 0) is 13.3 Å². The standard InChI is InChI=1S/C11H15ClN4O2/c1-2-18-11(17)9-8(12)10(15-6-14-9)16-4-3-7(13)5-16/h6-7H,2-5,13H2,1H3/t7-/m0/s1. The number of aromatic nitrogens is 2. The second-order valence-electron chi connectivity index (χ2n) is 4.08. The Morgan fingerprint density at radius 1 is 1.67 bits per heavy atom. The topological polar surface area (TPSA) is 81.3 Å². The molecule has 6 nitrogen and oxygen atoms in total. The molecule has 98 valence electrons. The maximum absolute atomic E-state index is 11.7. The Hall–Kier alpha value is -1.40. The number of ether oxygens (including phenoxy) is 1. The third-order valence-electron chi connectivity index (χ3n) is 2.76. The molecule has 0 amide bonds. The average molecular weight is 271 g/mol. The number of hydrogen-bond acceptors (Lipinski definition) is 6. The van der Waals surface area contributed by atoms with Crippen molar-refractivity contribution in [3.63, 3.8) is 0 Å². The molecule has 18 heavy (non-hydrogen) atoms. The van der Waals surface area contributed by atoms with Crippen LogP contribution >= 0.6 is 11.6 Å². The Labute approximate surface area is 110 Å². The van der Waals surface area contributed by atoms with Crippen LogP contribution in [0.15, 0.2) is 6.33 Å². The van der Waals surface area contributed by atoms with E-state index in [1.165, 1.54) is 6.33 Å². The van der Waals surface area contributed by atoms with Crippen LogP contribution in [0.25, 0.3) is 0 Å². The number of anilines is 1. The van der Waals surface area contributed by atoms with E-state index in [0.717, 1.165) is 13.0 Å². The highest BCUT2D eigenvalue weighted by atomic mass is 35.5. The second kappa shape index (κ2) is 5.49. The van der Waals surface area contributed by atoms with Crippen molar-refractivity contribution >= 4 is 23.4 Å². The van der Waals surface area contributed by atoms with Crippen molar-refractivity contribution < 1.29 is 9.53 Å². The zero-order chi connectivity index (χ0) is 13.1. The molecular weight excluding hydrogens is 256 g/mol. The van der Waals surface area contributed by atoms with Crippen LogP contribution in [0.4, 0.5) is 5.82 Å². The lowest BCUT2D eigenvalue weighted by molar-refractivity contribution is 0.0519. The molecular formula is C11H15ClN4O2. The average Bonchev–Trinajstić information content (AvgIpc) is 2.76. The first-order chi connectivity index (χ1) is 8.63. The van der Waals surface area contributed by atoms with Gasteiger partial charge in [-0.3, -0.25) is 0 Å². The second-order valence-corrected chi connectivity index (χ2v) is 4.45. The van der Waals surface area contributed by atoms with Crippen LogP contribution in [0, 0.1) is 0 Å². The summed E-state index contributed by atoms with van der Waals surface area (Å²) in [7, 11) is 0. The Balaban J connectivity index is 2.27. The van der Waals surface area contributed by atoms with E-state index in [2.05, 4.69) is 9.97 Å². The number of esters is 1. The molecule has 0 radical (unpaired) electrons. The van der Waals surface area contributed by atoms with Gasteiger partial charge in [-0.2, -0.15) is 0 Å². The van der Waals surface area contributed by atoms with Crippen molar-refractivity contribution in [3.8, 4) is 0 Å². The lowest BCUT2D eigenvalue weighted by Crippen LogP contribution is -2.27. The maximum Gasteiger partial charge on any atom is 0.358 e. The number of halogens is 1. The fourth-order valence-electron chi connectivity index (χ4n) is 1.90. The number of rotatable bonds is 3. The number of carbonyl (C=O) groups excluding carboxylic acids is 1. The minimum Gasteiger partial charge on any atom is -0.461 e. The molecule has 7 heteroatoms. The smallest absolute Gasteiger partial charge is 0.358 e. The predicted molar refractivity (Wildman–Crippen MR) is 67.8 cm³/mol. The summed E-state index contributed by atoms with van der Waals surface area (Å²) < 4.78 is 4.89. The van der Waals surface area contributed by atoms with E-state index in [-0.39, 0.29) is 23.4 Å². The first-order valence-corrected chi connectivity index (χ1v) is 6.19. The van der Waals surface area contributed by atoms with Gasteiger partial charge in [0.2, 0.25) is 0 Å². The van der Waals surface area contributed by atoms with Crippen molar-refractivity contribution in [2.75, 3.05) is 24.6 Å². The van der Waals surface area contributed by atoms with Crippen molar-refractivity contribution in [1.82, 2.24) is 9.97 Å². The molecule has 0 saturated carbocycles. The highest BCUT2D eigenvalue weighted by Crippen LogP contribution is 2.28. The Morgan fingerprint density at radius 3 is 3.06 bits per heavy atom.